The topological polar surface area (TPSA) is 102 Å². The second-order valence-electron chi connectivity index (χ2n) is 5.44. The quantitative estimate of drug-likeness (QED) is 0.476. The maximum Gasteiger partial charge on any atom is 0.308 e. The minimum absolute atomic E-state index is 0.251. The van der Waals surface area contributed by atoms with E-state index in [9.17, 15) is 14.7 Å². The predicted octanol–water partition coefficient (Wildman–Crippen LogP) is 0.890. The molecule has 0 spiro atoms. The molecule has 1 amide bonds. The van der Waals surface area contributed by atoms with Crippen LogP contribution in [0.4, 0.5) is 0 Å². The molecule has 3 atom stereocenters. The predicted molar refractivity (Wildman–Crippen MR) is 75.2 cm³/mol. The van der Waals surface area contributed by atoms with Crippen LogP contribution < -0.4 is 11.1 Å². The van der Waals surface area contributed by atoms with Gasteiger partial charge in [-0.3, -0.25) is 9.59 Å². The third kappa shape index (κ3) is 5.46. The number of carbonyl (C=O) groups excluding carboxylic acids is 1. The van der Waals surface area contributed by atoms with Crippen LogP contribution in [0.3, 0.4) is 0 Å². The van der Waals surface area contributed by atoms with Crippen molar-refractivity contribution >= 4 is 11.9 Å². The molecule has 0 aromatic carbocycles. The number of rotatable bonds is 7. The monoisotopic (exact) mass is 286 g/mol. The second kappa shape index (κ2) is 8.92. The fourth-order valence-electron chi connectivity index (χ4n) is 2.64. The van der Waals surface area contributed by atoms with Crippen LogP contribution in [0.1, 0.15) is 44.9 Å². The van der Waals surface area contributed by atoms with Crippen LogP contribution in [0.2, 0.25) is 0 Å². The molecule has 6 nitrogen and oxygen atoms in total. The van der Waals surface area contributed by atoms with Gasteiger partial charge in [0.25, 0.3) is 0 Å². The van der Waals surface area contributed by atoms with Crippen LogP contribution in [0, 0.1) is 5.92 Å². The van der Waals surface area contributed by atoms with Gasteiger partial charge in [-0.25, -0.2) is 0 Å². The van der Waals surface area contributed by atoms with Crippen LogP contribution in [0.15, 0.2) is 0 Å². The minimum atomic E-state index is -0.829. The van der Waals surface area contributed by atoms with Crippen LogP contribution in [-0.4, -0.2) is 42.8 Å². The van der Waals surface area contributed by atoms with Crippen LogP contribution in [-0.2, 0) is 14.3 Å². The minimum Gasteiger partial charge on any atom is -0.481 e. The van der Waals surface area contributed by atoms with Gasteiger partial charge < -0.3 is 20.9 Å². The average molecular weight is 286 g/mol. The van der Waals surface area contributed by atoms with E-state index in [-0.39, 0.29) is 11.9 Å². The number of nitrogens with two attached hydrogens (primary N) is 1. The van der Waals surface area contributed by atoms with Crippen LogP contribution in [0.5, 0.6) is 0 Å². The smallest absolute Gasteiger partial charge is 0.308 e. The average Bonchev–Trinajstić information content (AvgIpc) is 2.64. The Morgan fingerprint density at radius 2 is 2.05 bits per heavy atom. The Kier molecular flexibility index (Phi) is 7.54. The summed E-state index contributed by atoms with van der Waals surface area (Å²) >= 11 is 0. The van der Waals surface area contributed by atoms with Crippen LogP contribution >= 0.6 is 0 Å². The van der Waals surface area contributed by atoms with Crippen molar-refractivity contribution in [3.05, 3.63) is 0 Å². The Hall–Kier alpha value is -1.14. The molecule has 3 unspecified atom stereocenters. The molecule has 6 heteroatoms. The number of aliphatic carboxylic acids is 1. The maximum absolute atomic E-state index is 12.0. The molecule has 0 bridgehead atoms. The lowest BCUT2D eigenvalue weighted by atomic mass is 9.94. The zero-order chi connectivity index (χ0) is 15.0. The van der Waals surface area contributed by atoms with Gasteiger partial charge >= 0.3 is 5.97 Å². The van der Waals surface area contributed by atoms with Gasteiger partial charge in [0.2, 0.25) is 5.91 Å². The molecule has 0 radical (unpaired) electrons. The Bertz CT molecular complexity index is 322. The molecule has 0 saturated heterocycles. The molecule has 4 N–H and O–H groups in total. The lowest BCUT2D eigenvalue weighted by Crippen LogP contribution is -2.49. The highest BCUT2D eigenvalue weighted by Gasteiger charge is 2.31. The van der Waals surface area contributed by atoms with E-state index in [1.807, 2.05) is 0 Å². The number of carboxylic acid groups (broad SMARTS) is 1. The summed E-state index contributed by atoms with van der Waals surface area (Å²) in [5.74, 6) is -1.57. The number of hydrogen-bond acceptors (Lipinski definition) is 4. The van der Waals surface area contributed by atoms with E-state index in [0.29, 0.717) is 25.9 Å². The van der Waals surface area contributed by atoms with Gasteiger partial charge in [0.15, 0.2) is 0 Å². The molecular formula is C14H26N2O4. The third-order valence-corrected chi connectivity index (χ3v) is 3.86. The lowest BCUT2D eigenvalue weighted by Gasteiger charge is -2.24. The molecule has 0 aromatic heterocycles. The van der Waals surface area contributed by atoms with Gasteiger partial charge in [-0.05, 0) is 25.7 Å². The zero-order valence-electron chi connectivity index (χ0n) is 12.1. The van der Waals surface area contributed by atoms with Gasteiger partial charge in [-0.2, -0.15) is 0 Å². The van der Waals surface area contributed by atoms with Crippen molar-refractivity contribution in [2.24, 2.45) is 11.7 Å². The summed E-state index contributed by atoms with van der Waals surface area (Å²) in [6, 6.07) is -0.890. The normalized spacial score (nSPS) is 24.7. The Morgan fingerprint density at radius 3 is 2.70 bits per heavy atom. The van der Waals surface area contributed by atoms with Gasteiger partial charge in [-0.15, -0.1) is 0 Å². The molecule has 1 rings (SSSR count). The molecule has 1 aliphatic rings. The number of amides is 1. The first kappa shape index (κ1) is 16.9. The fraction of sp³-hybridized carbons (Fsp3) is 0.857. The summed E-state index contributed by atoms with van der Waals surface area (Å²) in [6.45, 7) is 0.572. The standard InChI is InChI=1S/C14H26N2O4/c1-20-9-5-7-11(15)13(17)16-12-8-4-2-3-6-10(12)14(18)19/h10-12H,2-9,15H2,1H3,(H,16,17)(H,18,19). The van der Waals surface area contributed by atoms with Gasteiger partial charge in [-0.1, -0.05) is 19.3 Å². The highest BCUT2D eigenvalue weighted by atomic mass is 16.5. The summed E-state index contributed by atoms with van der Waals surface area (Å²) in [5, 5.41) is 12.1. The van der Waals surface area contributed by atoms with Crippen molar-refractivity contribution in [3.8, 4) is 0 Å². The first-order valence-corrected chi connectivity index (χ1v) is 7.34. The highest BCUT2D eigenvalue weighted by Crippen LogP contribution is 2.24. The highest BCUT2D eigenvalue weighted by molar-refractivity contribution is 5.82. The summed E-state index contributed by atoms with van der Waals surface area (Å²) < 4.78 is 4.92. The van der Waals surface area contributed by atoms with Crippen molar-refractivity contribution in [3.63, 3.8) is 0 Å². The number of nitrogens with one attached hydrogen (secondary N) is 1. The first-order valence-electron chi connectivity index (χ1n) is 7.34. The molecule has 0 aliphatic heterocycles. The fourth-order valence-corrected chi connectivity index (χ4v) is 2.64. The molecule has 1 saturated carbocycles. The summed E-state index contributed by atoms with van der Waals surface area (Å²) in [6.07, 6.45) is 5.49. The van der Waals surface area contributed by atoms with Crippen molar-refractivity contribution in [1.82, 2.24) is 5.32 Å². The molecule has 1 aliphatic carbocycles. The Labute approximate surface area is 120 Å². The lowest BCUT2D eigenvalue weighted by molar-refractivity contribution is -0.143. The number of hydrogen-bond donors (Lipinski definition) is 3. The summed E-state index contributed by atoms with van der Waals surface area (Å²) in [5.41, 5.74) is 5.82. The molecular weight excluding hydrogens is 260 g/mol. The molecule has 1 fully saturated rings. The summed E-state index contributed by atoms with van der Waals surface area (Å²) in [4.78, 5) is 23.3. The maximum atomic E-state index is 12.0. The van der Waals surface area contributed by atoms with E-state index in [4.69, 9.17) is 10.5 Å². The first-order chi connectivity index (χ1) is 9.56. The molecule has 0 aromatic rings. The molecule has 0 heterocycles. The van der Waals surface area contributed by atoms with Gasteiger partial charge in [0.1, 0.15) is 0 Å². The summed E-state index contributed by atoms with van der Waals surface area (Å²) in [7, 11) is 1.61. The number of carboxylic acids is 1. The van der Waals surface area contributed by atoms with E-state index in [1.165, 1.54) is 0 Å². The second-order valence-corrected chi connectivity index (χ2v) is 5.44. The molecule has 116 valence electrons. The van der Waals surface area contributed by atoms with Gasteiger partial charge in [0.05, 0.1) is 12.0 Å². The van der Waals surface area contributed by atoms with E-state index in [2.05, 4.69) is 5.32 Å². The SMILES string of the molecule is COCCCC(N)C(=O)NC1CCCCCC1C(=O)O. The van der Waals surface area contributed by atoms with E-state index < -0.39 is 17.9 Å². The Morgan fingerprint density at radius 1 is 1.35 bits per heavy atom. The van der Waals surface area contributed by atoms with Crippen molar-refractivity contribution in [2.75, 3.05) is 13.7 Å². The van der Waals surface area contributed by atoms with Crippen molar-refractivity contribution < 1.29 is 19.4 Å². The molecule has 20 heavy (non-hydrogen) atoms. The van der Waals surface area contributed by atoms with Gasteiger partial charge in [0, 0.05) is 19.8 Å². The van der Waals surface area contributed by atoms with E-state index in [1.54, 1.807) is 7.11 Å². The largest absolute Gasteiger partial charge is 0.481 e. The number of ether oxygens (including phenoxy) is 1. The van der Waals surface area contributed by atoms with Crippen molar-refractivity contribution in [1.29, 1.82) is 0 Å². The third-order valence-electron chi connectivity index (χ3n) is 3.86. The Balaban J connectivity index is 2.50. The van der Waals surface area contributed by atoms with Crippen LogP contribution in [0.25, 0.3) is 0 Å². The van der Waals surface area contributed by atoms with Crippen molar-refractivity contribution in [2.45, 2.75) is 57.0 Å². The number of methoxy groups -OCH3 is 1. The zero-order valence-corrected chi connectivity index (χ0v) is 12.1. The number of carbonyl (C=O) groups is 2. The van der Waals surface area contributed by atoms with E-state index in [0.717, 1.165) is 25.7 Å². The van der Waals surface area contributed by atoms with E-state index >= 15 is 0 Å².